The Hall–Kier alpha value is -3.73. The molecule has 34 heavy (non-hydrogen) atoms. The van der Waals surface area contributed by atoms with Gasteiger partial charge in [-0.2, -0.15) is 10.1 Å². The average molecular weight is 521 g/mol. The number of anilines is 2. The molecule has 0 spiro atoms. The summed E-state index contributed by atoms with van der Waals surface area (Å²) < 4.78 is 3.91. The summed E-state index contributed by atoms with van der Waals surface area (Å²) in [7, 11) is 0. The number of nitrogens with one attached hydrogen (secondary N) is 1. The van der Waals surface area contributed by atoms with Gasteiger partial charge in [0.25, 0.3) is 11.5 Å². The Balaban J connectivity index is 1.63. The van der Waals surface area contributed by atoms with Gasteiger partial charge in [-0.1, -0.05) is 25.1 Å². The fraction of sp³-hybridized carbons (Fsp3) is 0.261. The molecule has 3 aromatic heterocycles. The second-order valence-corrected chi connectivity index (χ2v) is 9.68. The summed E-state index contributed by atoms with van der Waals surface area (Å²) in [5.41, 5.74) is 7.21. The van der Waals surface area contributed by atoms with Gasteiger partial charge >= 0.3 is 0 Å². The van der Waals surface area contributed by atoms with Crippen molar-refractivity contribution in [3.05, 3.63) is 74.5 Å². The Labute approximate surface area is 202 Å². The fourth-order valence-electron chi connectivity index (χ4n) is 4.94. The number of carbonyl (C=O) groups is 1. The Morgan fingerprint density at radius 2 is 1.94 bits per heavy atom. The van der Waals surface area contributed by atoms with E-state index in [-0.39, 0.29) is 23.3 Å². The van der Waals surface area contributed by atoms with E-state index in [1.165, 1.54) is 0 Å². The van der Waals surface area contributed by atoms with E-state index in [1.807, 2.05) is 42.2 Å². The minimum Gasteiger partial charge on any atom is -0.368 e. The average Bonchev–Trinajstić information content (AvgIpc) is 3.39. The minimum absolute atomic E-state index is 0.0992. The predicted molar refractivity (Wildman–Crippen MR) is 130 cm³/mol. The molecule has 2 aliphatic heterocycles. The molecule has 4 aromatic rings. The van der Waals surface area contributed by atoms with Gasteiger partial charge in [-0.3, -0.25) is 14.2 Å². The second kappa shape index (κ2) is 7.13. The third kappa shape index (κ3) is 2.70. The molecule has 1 fully saturated rings. The predicted octanol–water partition coefficient (Wildman–Crippen LogP) is 2.23. The summed E-state index contributed by atoms with van der Waals surface area (Å²) in [6, 6.07) is 11.2. The molecule has 2 atom stereocenters. The van der Waals surface area contributed by atoms with Crippen LogP contribution in [0.4, 0.5) is 11.8 Å². The number of hydrogen-bond acceptors (Lipinski definition) is 7. The third-order valence-electron chi connectivity index (χ3n) is 6.96. The molecule has 2 aliphatic rings. The Morgan fingerprint density at radius 3 is 2.68 bits per heavy atom. The minimum atomic E-state index is -0.753. The maximum absolute atomic E-state index is 13.8. The van der Waals surface area contributed by atoms with Crippen molar-refractivity contribution in [2.75, 3.05) is 17.2 Å². The highest BCUT2D eigenvalue weighted by atomic mass is 79.9. The van der Waals surface area contributed by atoms with Crippen molar-refractivity contribution in [2.45, 2.75) is 25.9 Å². The number of nitrogens with two attached hydrogens (primary N) is 1. The lowest BCUT2D eigenvalue weighted by Gasteiger charge is -2.56. The van der Waals surface area contributed by atoms with Gasteiger partial charge in [-0.05, 0) is 41.1 Å². The molecule has 1 saturated heterocycles. The van der Waals surface area contributed by atoms with Crippen LogP contribution in [0, 0.1) is 5.92 Å². The fourth-order valence-corrected chi connectivity index (χ4v) is 5.41. The molecule has 6 rings (SSSR count). The molecular formula is C23H21BrN8O2. The van der Waals surface area contributed by atoms with Crippen molar-refractivity contribution in [3.8, 4) is 5.69 Å². The highest BCUT2D eigenvalue weighted by molar-refractivity contribution is 9.10. The van der Waals surface area contributed by atoms with Crippen molar-refractivity contribution < 1.29 is 4.79 Å². The molecule has 1 unspecified atom stereocenters. The van der Waals surface area contributed by atoms with Crippen molar-refractivity contribution in [1.29, 1.82) is 0 Å². The zero-order valence-corrected chi connectivity index (χ0v) is 20.1. The van der Waals surface area contributed by atoms with Crippen molar-refractivity contribution >= 4 is 39.1 Å². The number of benzene rings is 1. The number of halogens is 1. The van der Waals surface area contributed by atoms with E-state index in [4.69, 9.17) is 10.8 Å². The summed E-state index contributed by atoms with van der Waals surface area (Å²) in [5.74, 6) is 0.973. The van der Waals surface area contributed by atoms with Crippen LogP contribution in [0.25, 0.3) is 11.2 Å². The number of rotatable bonds is 3. The zero-order chi connectivity index (χ0) is 23.8. The molecule has 11 heteroatoms. The highest BCUT2D eigenvalue weighted by Crippen LogP contribution is 2.48. The molecule has 0 saturated carbocycles. The molecule has 1 aromatic carbocycles. The summed E-state index contributed by atoms with van der Waals surface area (Å²) in [5, 5.41) is 7.72. The van der Waals surface area contributed by atoms with Crippen molar-refractivity contribution in [2.24, 2.45) is 5.92 Å². The maximum Gasteiger partial charge on any atom is 0.283 e. The Bertz CT molecular complexity index is 1550. The molecule has 1 amide bonds. The van der Waals surface area contributed by atoms with Gasteiger partial charge in [0, 0.05) is 18.7 Å². The molecule has 10 nitrogen and oxygen atoms in total. The SMILES string of the molecule is C[C@H]1CN(c2nc(N)nc3c2C(=O)NC3)C1(C)c1nn2ccc(Br)c2c(=O)n1-c1ccccc1. The lowest BCUT2D eigenvalue weighted by Crippen LogP contribution is -2.65. The number of nitrogens with zero attached hydrogens (tertiary/aromatic N) is 6. The van der Waals surface area contributed by atoms with Crippen LogP contribution in [0.5, 0.6) is 0 Å². The number of para-hydroxylation sites is 1. The van der Waals surface area contributed by atoms with Gasteiger partial charge in [-0.15, -0.1) is 0 Å². The maximum atomic E-state index is 13.8. The molecule has 172 valence electrons. The highest BCUT2D eigenvalue weighted by Gasteiger charge is 2.54. The topological polar surface area (TPSA) is 123 Å². The van der Waals surface area contributed by atoms with Crippen LogP contribution in [0.15, 0.2) is 51.9 Å². The molecule has 0 bridgehead atoms. The first-order valence-corrected chi connectivity index (χ1v) is 11.7. The summed E-state index contributed by atoms with van der Waals surface area (Å²) in [6.07, 6.45) is 1.75. The lowest BCUT2D eigenvalue weighted by atomic mass is 9.75. The van der Waals surface area contributed by atoms with Crippen molar-refractivity contribution in [1.82, 2.24) is 29.5 Å². The standard InChI is InChI=1S/C23H21BrN8O2/c1-12-11-30(18-16-15(10-26-19(16)33)27-22(25)28-18)23(12,2)21-29-31-9-8-14(24)17(31)20(34)32(21)13-6-4-3-5-7-13/h3-9,12H,10-11H2,1-2H3,(H,26,33)(H2,25,27,28)/t12-,23?/m0/s1. The Morgan fingerprint density at radius 1 is 1.18 bits per heavy atom. The number of hydrogen-bond donors (Lipinski definition) is 2. The third-order valence-corrected chi connectivity index (χ3v) is 7.60. The van der Waals surface area contributed by atoms with E-state index in [9.17, 15) is 9.59 Å². The lowest BCUT2D eigenvalue weighted by molar-refractivity contribution is 0.0964. The number of amides is 1. The first-order chi connectivity index (χ1) is 16.3. The van der Waals surface area contributed by atoms with Gasteiger partial charge in [-0.25, -0.2) is 9.50 Å². The summed E-state index contributed by atoms with van der Waals surface area (Å²) in [4.78, 5) is 37.2. The van der Waals surface area contributed by atoms with E-state index in [1.54, 1.807) is 21.3 Å². The molecule has 3 N–H and O–H groups in total. The molecule has 5 heterocycles. The largest absolute Gasteiger partial charge is 0.368 e. The van der Waals surface area contributed by atoms with Gasteiger partial charge in [0.1, 0.15) is 22.4 Å². The normalized spacial score (nSPS) is 21.4. The van der Waals surface area contributed by atoms with Crippen LogP contribution in [0.3, 0.4) is 0 Å². The van der Waals surface area contributed by atoms with Gasteiger partial charge in [0.15, 0.2) is 5.82 Å². The monoisotopic (exact) mass is 520 g/mol. The van der Waals surface area contributed by atoms with Crippen LogP contribution >= 0.6 is 15.9 Å². The number of aromatic nitrogens is 5. The van der Waals surface area contributed by atoms with E-state index in [2.05, 4.69) is 38.1 Å². The number of nitrogen functional groups attached to an aromatic ring is 1. The van der Waals surface area contributed by atoms with Crippen LogP contribution in [-0.4, -0.2) is 36.6 Å². The Kier molecular flexibility index (Phi) is 4.37. The molecule has 0 radical (unpaired) electrons. The van der Waals surface area contributed by atoms with Gasteiger partial charge < -0.3 is 16.0 Å². The quantitative estimate of drug-likeness (QED) is 0.424. The zero-order valence-electron chi connectivity index (χ0n) is 18.5. The second-order valence-electron chi connectivity index (χ2n) is 8.83. The summed E-state index contributed by atoms with van der Waals surface area (Å²) in [6.45, 7) is 5.04. The molecule has 0 aliphatic carbocycles. The number of fused-ring (bicyclic) bond motifs is 2. The first-order valence-electron chi connectivity index (χ1n) is 10.9. The van der Waals surface area contributed by atoms with E-state index < -0.39 is 5.54 Å². The van der Waals surface area contributed by atoms with Crippen LogP contribution in [-0.2, 0) is 12.1 Å². The first kappa shape index (κ1) is 20.8. The number of carbonyl (C=O) groups excluding carboxylic acids is 1. The van der Waals surface area contributed by atoms with Gasteiger partial charge in [0.2, 0.25) is 5.95 Å². The van der Waals surface area contributed by atoms with Crippen LogP contribution in [0.1, 0.15) is 35.7 Å². The van der Waals surface area contributed by atoms with Crippen LogP contribution < -0.4 is 21.5 Å². The van der Waals surface area contributed by atoms with E-state index in [0.717, 1.165) is 0 Å². The van der Waals surface area contributed by atoms with E-state index >= 15 is 0 Å². The van der Waals surface area contributed by atoms with Gasteiger partial charge in [0.05, 0.1) is 22.4 Å². The molecular weight excluding hydrogens is 500 g/mol. The van der Waals surface area contributed by atoms with Crippen molar-refractivity contribution in [3.63, 3.8) is 0 Å². The summed E-state index contributed by atoms with van der Waals surface area (Å²) >= 11 is 3.48. The van der Waals surface area contributed by atoms with E-state index in [0.29, 0.717) is 51.7 Å². The smallest absolute Gasteiger partial charge is 0.283 e. The van der Waals surface area contributed by atoms with Crippen LogP contribution in [0.2, 0.25) is 0 Å².